The van der Waals surface area contributed by atoms with Crippen LogP contribution >= 0.6 is 0 Å². The van der Waals surface area contributed by atoms with Gasteiger partial charge in [0, 0.05) is 31.2 Å². The molecule has 0 aliphatic heterocycles. The second-order valence-corrected chi connectivity index (χ2v) is 5.71. The van der Waals surface area contributed by atoms with Gasteiger partial charge in [-0.05, 0) is 18.1 Å². The number of hydrogen-bond donors (Lipinski definition) is 1. The first kappa shape index (κ1) is 18.4. The van der Waals surface area contributed by atoms with E-state index in [0.29, 0.717) is 5.75 Å². The Kier molecular flexibility index (Phi) is 6.05. The predicted octanol–water partition coefficient (Wildman–Crippen LogP) is 3.04. The van der Waals surface area contributed by atoms with Gasteiger partial charge in [-0.2, -0.15) is 4.57 Å². The Balaban J connectivity index is 2.17. The van der Waals surface area contributed by atoms with Crippen LogP contribution in [0.2, 0.25) is 0 Å². The lowest BCUT2D eigenvalue weighted by molar-refractivity contribution is -0.705. The van der Waals surface area contributed by atoms with Crippen molar-refractivity contribution in [1.82, 2.24) is 0 Å². The lowest BCUT2D eigenvalue weighted by Crippen LogP contribution is -2.44. The first-order chi connectivity index (χ1) is 12.0. The lowest BCUT2D eigenvalue weighted by atomic mass is 10.1. The Labute approximate surface area is 146 Å². The van der Waals surface area contributed by atoms with E-state index < -0.39 is 11.0 Å². The fourth-order valence-electron chi connectivity index (χ4n) is 2.46. The molecule has 0 bridgehead atoms. The van der Waals surface area contributed by atoms with E-state index in [2.05, 4.69) is 12.2 Å². The van der Waals surface area contributed by atoms with Gasteiger partial charge in [-0.15, -0.1) is 0 Å². The van der Waals surface area contributed by atoms with Crippen molar-refractivity contribution in [2.45, 2.75) is 32.7 Å². The highest BCUT2D eigenvalue weighted by Crippen LogP contribution is 2.29. The number of amides is 1. The smallest absolute Gasteiger partial charge is 0.293 e. The van der Waals surface area contributed by atoms with Crippen LogP contribution in [-0.2, 0) is 11.2 Å². The number of nitro groups is 1. The third-order valence-electron chi connectivity index (χ3n) is 3.94. The van der Waals surface area contributed by atoms with Crippen LogP contribution in [0.4, 0.5) is 11.4 Å². The van der Waals surface area contributed by atoms with Gasteiger partial charge in [0.1, 0.15) is 5.75 Å². The van der Waals surface area contributed by atoms with Crippen molar-refractivity contribution in [3.05, 3.63) is 58.4 Å². The van der Waals surface area contributed by atoms with Gasteiger partial charge in [-0.25, -0.2) is 0 Å². The number of anilines is 1. The van der Waals surface area contributed by atoms with Crippen molar-refractivity contribution in [1.29, 1.82) is 0 Å². The second-order valence-electron chi connectivity index (χ2n) is 5.71. The molecule has 0 saturated heterocycles. The zero-order valence-corrected chi connectivity index (χ0v) is 14.6. The van der Waals surface area contributed by atoms with E-state index in [0.717, 1.165) is 12.8 Å². The number of ether oxygens (including phenoxy) is 1. The summed E-state index contributed by atoms with van der Waals surface area (Å²) < 4.78 is 6.95. The molecule has 1 amide bonds. The molecular weight excluding hydrogens is 322 g/mol. The van der Waals surface area contributed by atoms with Crippen LogP contribution < -0.4 is 14.6 Å². The van der Waals surface area contributed by atoms with Crippen molar-refractivity contribution in [2.75, 3.05) is 12.4 Å². The molecule has 25 heavy (non-hydrogen) atoms. The van der Waals surface area contributed by atoms with E-state index in [1.807, 2.05) is 24.5 Å². The van der Waals surface area contributed by atoms with E-state index in [4.69, 9.17) is 4.74 Å². The molecule has 2 rings (SSSR count). The van der Waals surface area contributed by atoms with Crippen LogP contribution in [0, 0.1) is 10.1 Å². The van der Waals surface area contributed by atoms with Gasteiger partial charge < -0.3 is 10.1 Å². The van der Waals surface area contributed by atoms with Gasteiger partial charge in [0.05, 0.1) is 17.7 Å². The van der Waals surface area contributed by atoms with Crippen LogP contribution in [0.15, 0.2) is 42.7 Å². The second kappa shape index (κ2) is 8.23. The van der Waals surface area contributed by atoms with Crippen LogP contribution in [0.1, 0.15) is 31.9 Å². The minimum absolute atomic E-state index is 0.111. The first-order valence-electron chi connectivity index (χ1n) is 8.09. The average molecular weight is 344 g/mol. The summed E-state index contributed by atoms with van der Waals surface area (Å²) in [4.78, 5) is 22.9. The van der Waals surface area contributed by atoms with Gasteiger partial charge in [-0.3, -0.25) is 14.9 Å². The predicted molar refractivity (Wildman–Crippen MR) is 93.6 cm³/mol. The molecule has 1 aromatic heterocycles. The molecule has 1 aromatic carbocycles. The number of rotatable bonds is 7. The van der Waals surface area contributed by atoms with Crippen LogP contribution in [0.25, 0.3) is 0 Å². The number of methoxy groups -OCH3 is 1. The van der Waals surface area contributed by atoms with Crippen molar-refractivity contribution in [3.63, 3.8) is 0 Å². The summed E-state index contributed by atoms with van der Waals surface area (Å²) in [5.74, 6) is 0.0847. The molecule has 0 unspecified atom stereocenters. The lowest BCUT2D eigenvalue weighted by Gasteiger charge is -2.12. The molecule has 7 nitrogen and oxygen atoms in total. The molecule has 0 radical (unpaired) electrons. The molecule has 1 atom stereocenters. The molecule has 2 aromatic rings. The summed E-state index contributed by atoms with van der Waals surface area (Å²) in [6.45, 7) is 3.88. The van der Waals surface area contributed by atoms with Gasteiger partial charge in [-0.1, -0.05) is 13.3 Å². The Morgan fingerprint density at radius 3 is 2.56 bits per heavy atom. The number of non-ortho nitro benzene ring substituents is 1. The average Bonchev–Trinajstić information content (AvgIpc) is 2.61. The van der Waals surface area contributed by atoms with Gasteiger partial charge >= 0.3 is 0 Å². The maximum Gasteiger partial charge on any atom is 0.293 e. The molecule has 0 fully saturated rings. The topological polar surface area (TPSA) is 85.3 Å². The number of nitrogens with one attached hydrogen (secondary N) is 1. The number of nitro benzene ring substituents is 1. The maximum atomic E-state index is 12.5. The number of aromatic nitrogens is 1. The van der Waals surface area contributed by atoms with E-state index in [1.54, 1.807) is 11.5 Å². The molecule has 0 aliphatic carbocycles. The fourth-order valence-corrected chi connectivity index (χ4v) is 2.46. The van der Waals surface area contributed by atoms with Gasteiger partial charge in [0.2, 0.25) is 6.04 Å². The van der Waals surface area contributed by atoms with E-state index >= 15 is 0 Å². The zero-order valence-electron chi connectivity index (χ0n) is 14.6. The molecular formula is C18H22N3O4+. The highest BCUT2D eigenvalue weighted by molar-refractivity contribution is 5.94. The van der Waals surface area contributed by atoms with Crippen LogP contribution in [0.3, 0.4) is 0 Å². The van der Waals surface area contributed by atoms with Crippen LogP contribution in [-0.4, -0.2) is 17.9 Å². The van der Waals surface area contributed by atoms with Crippen molar-refractivity contribution < 1.29 is 19.0 Å². The Morgan fingerprint density at radius 1 is 1.32 bits per heavy atom. The first-order valence-corrected chi connectivity index (χ1v) is 8.09. The largest absolute Gasteiger partial charge is 0.495 e. The summed E-state index contributed by atoms with van der Waals surface area (Å²) in [5.41, 5.74) is 1.38. The third-order valence-corrected chi connectivity index (χ3v) is 3.94. The molecule has 132 valence electrons. The molecule has 0 spiro atoms. The SMILES string of the molecule is CCCc1cc[n+]([C@H](C)C(=O)Nc2cc([N+](=O)[O-])ccc2OC)cc1. The van der Waals surface area contributed by atoms with E-state index in [-0.39, 0.29) is 17.3 Å². The van der Waals surface area contributed by atoms with Crippen molar-refractivity contribution >= 4 is 17.3 Å². The summed E-state index contributed by atoms with van der Waals surface area (Å²) in [5, 5.41) is 13.6. The minimum atomic E-state index is -0.514. The van der Waals surface area contributed by atoms with E-state index in [9.17, 15) is 14.9 Å². The van der Waals surface area contributed by atoms with Gasteiger partial charge in [0.25, 0.3) is 11.6 Å². The number of hydrogen-bond acceptors (Lipinski definition) is 4. The molecule has 1 N–H and O–H groups in total. The standard InChI is InChI=1S/C18H21N3O4/c1-4-5-14-8-10-20(11-9-14)13(2)18(22)19-16-12-15(21(23)24)6-7-17(16)25-3/h6-13H,4-5H2,1-3H3/p+1/t13-/m1/s1. The summed E-state index contributed by atoms with van der Waals surface area (Å²) in [6.07, 6.45) is 5.78. The molecule has 1 heterocycles. The summed E-state index contributed by atoms with van der Waals surface area (Å²) in [7, 11) is 1.45. The number of benzene rings is 1. The van der Waals surface area contributed by atoms with Crippen LogP contribution in [0.5, 0.6) is 5.75 Å². The number of nitrogens with zero attached hydrogens (tertiary/aromatic N) is 2. The Bertz CT molecular complexity index is 759. The normalized spacial score (nSPS) is 11.6. The highest BCUT2D eigenvalue weighted by atomic mass is 16.6. The highest BCUT2D eigenvalue weighted by Gasteiger charge is 2.23. The minimum Gasteiger partial charge on any atom is -0.495 e. The zero-order chi connectivity index (χ0) is 18.4. The maximum absolute atomic E-state index is 12.5. The molecule has 0 aliphatic rings. The number of carbonyl (C=O) groups excluding carboxylic acids is 1. The van der Waals surface area contributed by atoms with Crippen molar-refractivity contribution in [2.24, 2.45) is 0 Å². The number of pyridine rings is 1. The third kappa shape index (κ3) is 4.53. The Hall–Kier alpha value is -2.96. The summed E-state index contributed by atoms with van der Waals surface area (Å²) >= 11 is 0. The van der Waals surface area contributed by atoms with E-state index in [1.165, 1.54) is 30.9 Å². The Morgan fingerprint density at radius 2 is 2.00 bits per heavy atom. The van der Waals surface area contributed by atoms with Gasteiger partial charge in [0.15, 0.2) is 12.4 Å². The van der Waals surface area contributed by atoms with Crippen molar-refractivity contribution in [3.8, 4) is 5.75 Å². The fraction of sp³-hybridized carbons (Fsp3) is 0.333. The monoisotopic (exact) mass is 344 g/mol. The quantitative estimate of drug-likeness (QED) is 0.475. The molecule has 0 saturated carbocycles. The summed E-state index contributed by atoms with van der Waals surface area (Å²) in [6, 6.07) is 7.59. The molecule has 7 heteroatoms. The number of aryl methyl sites for hydroxylation is 1. The number of carbonyl (C=O) groups is 1.